The van der Waals surface area contributed by atoms with Gasteiger partial charge in [-0.3, -0.25) is 9.59 Å². The van der Waals surface area contributed by atoms with E-state index in [9.17, 15) is 18.0 Å². The molecule has 0 aliphatic carbocycles. The molecule has 0 unspecified atom stereocenters. The highest BCUT2D eigenvalue weighted by atomic mass is 35.5. The Hall–Kier alpha value is -3.49. The third-order valence-electron chi connectivity index (χ3n) is 5.85. The predicted octanol–water partition coefficient (Wildman–Crippen LogP) is 4.12. The number of halogens is 1. The number of hydrogen-bond donors (Lipinski definition) is 1. The van der Waals surface area contributed by atoms with Gasteiger partial charge >= 0.3 is 0 Å². The van der Waals surface area contributed by atoms with Gasteiger partial charge in [0.1, 0.15) is 17.1 Å². The van der Waals surface area contributed by atoms with Gasteiger partial charge < -0.3 is 9.88 Å². The lowest BCUT2D eigenvalue weighted by Gasteiger charge is -2.14. The Bertz CT molecular complexity index is 1630. The van der Waals surface area contributed by atoms with Crippen LogP contribution in [0.5, 0.6) is 0 Å². The summed E-state index contributed by atoms with van der Waals surface area (Å²) in [4.78, 5) is 30.1. The number of fused-ring (bicyclic) bond motifs is 1. The van der Waals surface area contributed by atoms with Gasteiger partial charge in [0.2, 0.25) is 21.2 Å². The van der Waals surface area contributed by atoms with E-state index in [0.717, 1.165) is 16.7 Å². The van der Waals surface area contributed by atoms with Crippen LogP contribution in [0.2, 0.25) is 5.02 Å². The maximum Gasteiger partial charge on any atom is 0.240 e. The summed E-state index contributed by atoms with van der Waals surface area (Å²) in [5, 5.41) is 3.44. The molecule has 1 amide bonds. The van der Waals surface area contributed by atoms with Crippen LogP contribution in [-0.4, -0.2) is 23.9 Å². The number of carbonyl (C=O) groups excluding carboxylic acids is 1. The van der Waals surface area contributed by atoms with Gasteiger partial charge in [-0.25, -0.2) is 13.4 Å². The minimum Gasteiger partial charge on any atom is -0.350 e. The molecule has 1 N–H and O–H groups in total. The van der Waals surface area contributed by atoms with Crippen LogP contribution in [-0.2, 0) is 27.7 Å². The highest BCUT2D eigenvalue weighted by Gasteiger charge is 2.25. The Balaban J connectivity index is 1.77. The fraction of sp³-hybridized carbons (Fsp3) is 0.192. The van der Waals surface area contributed by atoms with Gasteiger partial charge in [-0.1, -0.05) is 35.9 Å². The molecule has 2 aromatic carbocycles. The number of rotatable bonds is 6. The van der Waals surface area contributed by atoms with Crippen molar-refractivity contribution in [2.75, 3.05) is 0 Å². The zero-order chi connectivity index (χ0) is 25.3. The van der Waals surface area contributed by atoms with Gasteiger partial charge in [0, 0.05) is 23.5 Å². The number of nitrogens with one attached hydrogen (secondary N) is 1. The zero-order valence-corrected chi connectivity index (χ0v) is 21.1. The number of aromatic nitrogens is 2. The van der Waals surface area contributed by atoms with Crippen molar-refractivity contribution in [2.45, 2.75) is 43.7 Å². The molecule has 35 heavy (non-hydrogen) atoms. The molecule has 0 bridgehead atoms. The summed E-state index contributed by atoms with van der Waals surface area (Å²) in [6.45, 7) is 5.42. The van der Waals surface area contributed by atoms with Gasteiger partial charge in [0.25, 0.3) is 0 Å². The van der Waals surface area contributed by atoms with E-state index in [2.05, 4.69) is 10.3 Å². The molecule has 0 saturated carbocycles. The molecule has 0 saturated heterocycles. The molecule has 0 aliphatic rings. The zero-order valence-electron chi connectivity index (χ0n) is 19.5. The van der Waals surface area contributed by atoms with E-state index in [1.807, 2.05) is 19.9 Å². The molecule has 7 nitrogen and oxygen atoms in total. The van der Waals surface area contributed by atoms with Crippen LogP contribution in [0.15, 0.2) is 75.4 Å². The number of carbonyl (C=O) groups is 1. The van der Waals surface area contributed by atoms with Gasteiger partial charge in [0.15, 0.2) is 0 Å². The third-order valence-corrected chi connectivity index (χ3v) is 7.97. The largest absolute Gasteiger partial charge is 0.350 e. The summed E-state index contributed by atoms with van der Waals surface area (Å²) in [5.41, 5.74) is 2.70. The summed E-state index contributed by atoms with van der Waals surface area (Å²) in [6.07, 6.45) is 1.21. The molecular weight excluding hydrogens is 486 g/mol. The van der Waals surface area contributed by atoms with Crippen LogP contribution >= 0.6 is 11.6 Å². The van der Waals surface area contributed by atoms with Gasteiger partial charge in [-0.05, 0) is 67.8 Å². The van der Waals surface area contributed by atoms with Crippen molar-refractivity contribution < 1.29 is 13.2 Å². The third kappa shape index (κ3) is 4.99. The van der Waals surface area contributed by atoms with Crippen LogP contribution in [0, 0.1) is 20.8 Å². The van der Waals surface area contributed by atoms with Crippen molar-refractivity contribution in [1.82, 2.24) is 14.9 Å². The predicted molar refractivity (Wildman–Crippen MR) is 135 cm³/mol. The summed E-state index contributed by atoms with van der Waals surface area (Å²) in [7, 11) is -4.14. The molecule has 180 valence electrons. The highest BCUT2D eigenvalue weighted by Crippen LogP contribution is 2.23. The van der Waals surface area contributed by atoms with E-state index in [1.165, 1.54) is 22.9 Å². The molecule has 9 heteroatoms. The fourth-order valence-electron chi connectivity index (χ4n) is 3.70. The Morgan fingerprint density at radius 3 is 2.49 bits per heavy atom. The average molecular weight is 510 g/mol. The van der Waals surface area contributed by atoms with Gasteiger partial charge in [-0.15, -0.1) is 0 Å². The number of nitrogens with zero attached hydrogens (tertiary/aromatic N) is 2. The molecule has 2 heterocycles. The van der Waals surface area contributed by atoms with Crippen molar-refractivity contribution in [1.29, 1.82) is 0 Å². The number of sulfone groups is 1. The van der Waals surface area contributed by atoms with Crippen molar-refractivity contribution in [3.8, 4) is 0 Å². The van der Waals surface area contributed by atoms with Gasteiger partial charge in [-0.2, -0.15) is 0 Å². The molecule has 0 spiro atoms. The summed E-state index contributed by atoms with van der Waals surface area (Å²) < 4.78 is 28.3. The Morgan fingerprint density at radius 2 is 1.77 bits per heavy atom. The van der Waals surface area contributed by atoms with E-state index in [0.29, 0.717) is 10.7 Å². The number of amides is 1. The lowest BCUT2D eigenvalue weighted by Crippen LogP contribution is -2.29. The fourth-order valence-corrected chi connectivity index (χ4v) is 5.36. The topological polar surface area (TPSA) is 98.1 Å². The first-order valence-corrected chi connectivity index (χ1v) is 12.8. The molecule has 0 aliphatic heterocycles. The maximum absolute atomic E-state index is 13.5. The van der Waals surface area contributed by atoms with Crippen molar-refractivity contribution in [3.63, 3.8) is 0 Å². The number of pyridine rings is 2. The molecule has 4 rings (SSSR count). The summed E-state index contributed by atoms with van der Waals surface area (Å²) in [5.74, 6) is -0.382. The Morgan fingerprint density at radius 1 is 1.03 bits per heavy atom. The molecular formula is C26H24ClN3O4S. The first-order valence-electron chi connectivity index (χ1n) is 10.9. The van der Waals surface area contributed by atoms with Crippen LogP contribution in [0.1, 0.15) is 22.4 Å². The average Bonchev–Trinajstić information content (AvgIpc) is 2.81. The summed E-state index contributed by atoms with van der Waals surface area (Å²) in [6, 6.07) is 15.1. The van der Waals surface area contributed by atoms with E-state index in [1.54, 1.807) is 43.3 Å². The molecule has 0 fully saturated rings. The van der Waals surface area contributed by atoms with Crippen LogP contribution in [0.25, 0.3) is 11.0 Å². The lowest BCUT2D eigenvalue weighted by atomic mass is 10.1. The standard InChI is InChI=1S/C26H24ClN3O4S/c1-16-8-10-20(12-17(16)2)35(33,34)23-14-30(26-21(25(23)32)11-9-18(3)29-26)15-24(31)28-13-19-6-4-5-7-22(19)27/h4-12,14H,13,15H2,1-3H3,(H,28,31). The lowest BCUT2D eigenvalue weighted by molar-refractivity contribution is -0.121. The second kappa shape index (κ2) is 9.64. The maximum atomic E-state index is 13.5. The number of benzene rings is 2. The Labute approximate surface area is 208 Å². The monoisotopic (exact) mass is 509 g/mol. The second-order valence-electron chi connectivity index (χ2n) is 8.39. The Kier molecular flexibility index (Phi) is 6.78. The molecule has 0 atom stereocenters. The van der Waals surface area contributed by atoms with E-state index < -0.39 is 20.2 Å². The number of aryl methyl sites for hydroxylation is 3. The normalized spacial score (nSPS) is 11.5. The SMILES string of the molecule is Cc1ccc2c(=O)c(S(=O)(=O)c3ccc(C)c(C)c3)cn(CC(=O)NCc3ccccc3Cl)c2n1. The van der Waals surface area contributed by atoms with Crippen molar-refractivity contribution >= 4 is 38.4 Å². The minimum atomic E-state index is -4.14. The van der Waals surface area contributed by atoms with Gasteiger partial charge in [0.05, 0.1) is 10.3 Å². The molecule has 0 radical (unpaired) electrons. The second-order valence-corrected chi connectivity index (χ2v) is 10.7. The summed E-state index contributed by atoms with van der Waals surface area (Å²) >= 11 is 6.16. The highest BCUT2D eigenvalue weighted by molar-refractivity contribution is 7.91. The van der Waals surface area contributed by atoms with Crippen molar-refractivity contribution in [3.05, 3.63) is 98.4 Å². The molecule has 4 aromatic rings. The smallest absolute Gasteiger partial charge is 0.240 e. The quantitative estimate of drug-likeness (QED) is 0.421. The minimum absolute atomic E-state index is 0.0202. The number of hydrogen-bond acceptors (Lipinski definition) is 5. The van der Waals surface area contributed by atoms with Crippen LogP contribution in [0.4, 0.5) is 0 Å². The first-order chi connectivity index (χ1) is 16.6. The van der Waals surface area contributed by atoms with E-state index >= 15 is 0 Å². The molecule has 2 aromatic heterocycles. The van der Waals surface area contributed by atoms with E-state index in [4.69, 9.17) is 11.6 Å². The van der Waals surface area contributed by atoms with Crippen LogP contribution in [0.3, 0.4) is 0 Å². The van der Waals surface area contributed by atoms with Crippen LogP contribution < -0.4 is 10.7 Å². The first kappa shape index (κ1) is 24.6. The van der Waals surface area contributed by atoms with Crippen molar-refractivity contribution in [2.24, 2.45) is 0 Å². The van der Waals surface area contributed by atoms with E-state index in [-0.39, 0.29) is 34.9 Å².